The highest BCUT2D eigenvalue weighted by Gasteiger charge is 2.38. The van der Waals surface area contributed by atoms with Crippen LogP contribution in [0.4, 0.5) is 0 Å². The summed E-state index contributed by atoms with van der Waals surface area (Å²) in [7, 11) is 1.98. The van der Waals surface area contributed by atoms with E-state index < -0.39 is 0 Å². The lowest BCUT2D eigenvalue weighted by Gasteiger charge is -2.35. The van der Waals surface area contributed by atoms with Crippen molar-refractivity contribution in [3.05, 3.63) is 0 Å². The summed E-state index contributed by atoms with van der Waals surface area (Å²) in [6.45, 7) is 8.88. The SMILES string of the molecule is CNCC1CCN(C(=O)C2CSCN2C(=O)CC(C)(C)C)CC1.Cl. The first-order valence-electron chi connectivity index (χ1n) is 8.62. The highest BCUT2D eigenvalue weighted by Crippen LogP contribution is 2.28. The minimum Gasteiger partial charge on any atom is -0.341 e. The zero-order valence-electron chi connectivity index (χ0n) is 15.3. The summed E-state index contributed by atoms with van der Waals surface area (Å²) in [5.41, 5.74) is -0.0383. The number of rotatable bonds is 4. The molecule has 0 spiro atoms. The van der Waals surface area contributed by atoms with Crippen LogP contribution in [0.5, 0.6) is 0 Å². The second-order valence-corrected chi connectivity index (χ2v) is 8.94. The molecule has 7 heteroatoms. The molecule has 24 heavy (non-hydrogen) atoms. The van der Waals surface area contributed by atoms with E-state index >= 15 is 0 Å². The third-order valence-electron chi connectivity index (χ3n) is 4.59. The lowest BCUT2D eigenvalue weighted by Crippen LogP contribution is -2.51. The maximum atomic E-state index is 12.8. The van der Waals surface area contributed by atoms with Gasteiger partial charge in [0, 0.05) is 25.3 Å². The Balaban J connectivity index is 0.00000288. The largest absolute Gasteiger partial charge is 0.341 e. The van der Waals surface area contributed by atoms with Gasteiger partial charge in [0.05, 0.1) is 5.88 Å². The average Bonchev–Trinajstić information content (AvgIpc) is 2.95. The number of nitrogens with zero attached hydrogens (tertiary/aromatic N) is 2. The van der Waals surface area contributed by atoms with Crippen molar-refractivity contribution in [2.75, 3.05) is 38.3 Å². The van der Waals surface area contributed by atoms with E-state index in [0.717, 1.165) is 38.2 Å². The summed E-state index contributed by atoms with van der Waals surface area (Å²) in [5.74, 6) is 2.33. The summed E-state index contributed by atoms with van der Waals surface area (Å²) < 4.78 is 0. The van der Waals surface area contributed by atoms with Crippen molar-refractivity contribution in [1.29, 1.82) is 0 Å². The van der Waals surface area contributed by atoms with Crippen molar-refractivity contribution < 1.29 is 9.59 Å². The molecule has 1 unspecified atom stereocenters. The number of hydrogen-bond donors (Lipinski definition) is 1. The second-order valence-electron chi connectivity index (χ2n) is 7.94. The van der Waals surface area contributed by atoms with Gasteiger partial charge in [0.25, 0.3) is 0 Å². The maximum Gasteiger partial charge on any atom is 0.246 e. The monoisotopic (exact) mass is 377 g/mol. The van der Waals surface area contributed by atoms with Crippen molar-refractivity contribution in [3.8, 4) is 0 Å². The van der Waals surface area contributed by atoms with Crippen molar-refractivity contribution >= 4 is 36.0 Å². The topological polar surface area (TPSA) is 52.7 Å². The molecule has 1 N–H and O–H groups in total. The lowest BCUT2D eigenvalue weighted by atomic mass is 9.91. The van der Waals surface area contributed by atoms with E-state index in [1.807, 2.05) is 11.9 Å². The second kappa shape index (κ2) is 9.30. The molecule has 0 radical (unpaired) electrons. The van der Waals surface area contributed by atoms with Crippen LogP contribution in [0.25, 0.3) is 0 Å². The van der Waals surface area contributed by atoms with Gasteiger partial charge in [-0.2, -0.15) is 0 Å². The van der Waals surface area contributed by atoms with E-state index in [0.29, 0.717) is 18.2 Å². The van der Waals surface area contributed by atoms with Gasteiger partial charge in [-0.05, 0) is 37.8 Å². The van der Waals surface area contributed by atoms with Gasteiger partial charge in [-0.1, -0.05) is 20.8 Å². The molecule has 140 valence electrons. The molecular formula is C17H32ClN3O2S. The third kappa shape index (κ3) is 5.81. The molecule has 2 amide bonds. The molecule has 0 saturated carbocycles. The zero-order valence-corrected chi connectivity index (χ0v) is 17.0. The number of carbonyl (C=O) groups is 2. The minimum absolute atomic E-state index is 0. The van der Waals surface area contributed by atoms with Crippen LogP contribution in [0.1, 0.15) is 40.0 Å². The molecule has 1 atom stereocenters. The van der Waals surface area contributed by atoms with Crippen molar-refractivity contribution in [2.24, 2.45) is 11.3 Å². The number of amides is 2. The minimum atomic E-state index is -0.254. The van der Waals surface area contributed by atoms with E-state index in [9.17, 15) is 9.59 Å². The molecule has 0 aromatic rings. The van der Waals surface area contributed by atoms with Crippen LogP contribution in [0.3, 0.4) is 0 Å². The van der Waals surface area contributed by atoms with Crippen LogP contribution in [-0.4, -0.2) is 66.0 Å². The Kier molecular flexibility index (Phi) is 8.36. The summed E-state index contributed by atoms with van der Waals surface area (Å²) in [5, 5.41) is 3.22. The first kappa shape index (κ1) is 21.6. The number of likely N-dealkylation sites (tertiary alicyclic amines) is 1. The van der Waals surface area contributed by atoms with Gasteiger partial charge < -0.3 is 15.1 Å². The molecule has 2 aliphatic heterocycles. The van der Waals surface area contributed by atoms with E-state index in [-0.39, 0.29) is 35.7 Å². The van der Waals surface area contributed by atoms with Crippen LogP contribution in [-0.2, 0) is 9.59 Å². The molecule has 0 aromatic carbocycles. The van der Waals surface area contributed by atoms with Gasteiger partial charge in [-0.25, -0.2) is 0 Å². The molecular weight excluding hydrogens is 346 g/mol. The predicted octanol–water partition coefficient (Wildman–Crippen LogP) is 2.20. The van der Waals surface area contributed by atoms with Gasteiger partial charge in [0.1, 0.15) is 6.04 Å². The van der Waals surface area contributed by atoms with Crippen molar-refractivity contribution in [2.45, 2.75) is 46.1 Å². The lowest BCUT2D eigenvalue weighted by molar-refractivity contribution is -0.145. The Bertz CT molecular complexity index is 434. The smallest absolute Gasteiger partial charge is 0.246 e. The molecule has 2 rings (SSSR count). The van der Waals surface area contributed by atoms with E-state index in [1.165, 1.54) is 0 Å². The Morgan fingerprint density at radius 1 is 1.21 bits per heavy atom. The molecule has 2 fully saturated rings. The average molecular weight is 378 g/mol. The third-order valence-corrected chi connectivity index (χ3v) is 5.60. The number of thioether (sulfide) groups is 1. The van der Waals surface area contributed by atoms with Crippen LogP contribution in [0.15, 0.2) is 0 Å². The number of nitrogens with one attached hydrogen (secondary N) is 1. The van der Waals surface area contributed by atoms with Gasteiger partial charge in [-0.3, -0.25) is 9.59 Å². The summed E-state index contributed by atoms with van der Waals surface area (Å²) in [4.78, 5) is 29.2. The Morgan fingerprint density at radius 3 is 2.38 bits per heavy atom. The van der Waals surface area contributed by atoms with Gasteiger partial charge in [0.15, 0.2) is 0 Å². The molecule has 2 saturated heterocycles. The summed E-state index contributed by atoms with van der Waals surface area (Å²) >= 11 is 1.69. The van der Waals surface area contributed by atoms with E-state index in [1.54, 1.807) is 16.7 Å². The standard InChI is InChI=1S/C17H31N3O2S.ClH/c1-17(2,3)9-15(21)20-12-23-11-14(20)16(22)19-7-5-13(6-8-19)10-18-4;/h13-14,18H,5-12H2,1-4H3;1H. The Morgan fingerprint density at radius 2 is 1.83 bits per heavy atom. The van der Waals surface area contributed by atoms with E-state index in [2.05, 4.69) is 26.1 Å². The molecule has 0 aromatic heterocycles. The molecule has 0 aliphatic carbocycles. The number of carbonyl (C=O) groups excluding carboxylic acids is 2. The quantitative estimate of drug-likeness (QED) is 0.816. The maximum absolute atomic E-state index is 12.8. The van der Waals surface area contributed by atoms with Gasteiger partial charge in [-0.15, -0.1) is 24.2 Å². The fraction of sp³-hybridized carbons (Fsp3) is 0.882. The van der Waals surface area contributed by atoms with Crippen LogP contribution in [0, 0.1) is 11.3 Å². The predicted molar refractivity (Wildman–Crippen MR) is 103 cm³/mol. The molecule has 2 aliphatic rings. The Labute approximate surface area is 156 Å². The number of piperidine rings is 1. The highest BCUT2D eigenvalue weighted by molar-refractivity contribution is 7.99. The summed E-state index contributed by atoms with van der Waals surface area (Å²) in [6, 6.07) is -0.254. The highest BCUT2D eigenvalue weighted by atomic mass is 35.5. The van der Waals surface area contributed by atoms with Crippen LogP contribution in [0.2, 0.25) is 0 Å². The number of halogens is 1. The van der Waals surface area contributed by atoms with Gasteiger partial charge >= 0.3 is 0 Å². The Hall–Kier alpha value is -0.460. The first-order valence-corrected chi connectivity index (χ1v) is 9.78. The van der Waals surface area contributed by atoms with Crippen molar-refractivity contribution in [3.63, 3.8) is 0 Å². The molecule has 0 bridgehead atoms. The first-order chi connectivity index (χ1) is 10.8. The molecule has 5 nitrogen and oxygen atoms in total. The fourth-order valence-corrected chi connectivity index (χ4v) is 4.48. The molecule has 2 heterocycles. The van der Waals surface area contributed by atoms with Crippen LogP contribution >= 0.6 is 24.2 Å². The zero-order chi connectivity index (χ0) is 17.0. The van der Waals surface area contributed by atoms with Crippen LogP contribution < -0.4 is 5.32 Å². The normalized spacial score (nSPS) is 22.4. The summed E-state index contributed by atoms with van der Waals surface area (Å²) in [6.07, 6.45) is 2.62. The number of hydrogen-bond acceptors (Lipinski definition) is 4. The van der Waals surface area contributed by atoms with E-state index in [4.69, 9.17) is 0 Å². The fourth-order valence-electron chi connectivity index (χ4n) is 3.31. The van der Waals surface area contributed by atoms with Crippen molar-refractivity contribution in [1.82, 2.24) is 15.1 Å². The van der Waals surface area contributed by atoms with Gasteiger partial charge in [0.2, 0.25) is 11.8 Å².